The van der Waals surface area contributed by atoms with Crippen molar-refractivity contribution < 1.29 is 9.53 Å². The van der Waals surface area contributed by atoms with Crippen LogP contribution in [0.4, 0.5) is 0 Å². The number of nitrogens with zero attached hydrogens (tertiary/aromatic N) is 1. The Morgan fingerprint density at radius 2 is 2.00 bits per heavy atom. The third-order valence-corrected chi connectivity index (χ3v) is 3.96. The number of carbonyl (C=O) groups excluding carboxylic acids is 1. The molecule has 110 valence electrons. The standard InChI is InChI=1S/C16H24N2O2/c1-12-3-4-13(2)18(10-12)16(19)11-20-15-7-5-14(9-17)6-8-15/h5-8,12-13H,3-4,9-11,17H2,1-2H3. The molecule has 2 N–H and O–H groups in total. The fourth-order valence-electron chi connectivity index (χ4n) is 2.59. The third-order valence-electron chi connectivity index (χ3n) is 3.96. The molecule has 0 bridgehead atoms. The highest BCUT2D eigenvalue weighted by molar-refractivity contribution is 5.78. The van der Waals surface area contributed by atoms with E-state index in [4.69, 9.17) is 10.5 Å². The number of amides is 1. The van der Waals surface area contributed by atoms with E-state index in [0.29, 0.717) is 24.3 Å². The molecule has 1 aliphatic rings. The van der Waals surface area contributed by atoms with Crippen molar-refractivity contribution in [2.24, 2.45) is 11.7 Å². The lowest BCUT2D eigenvalue weighted by molar-refractivity contribution is -0.137. The number of piperidine rings is 1. The zero-order valence-electron chi connectivity index (χ0n) is 12.3. The van der Waals surface area contributed by atoms with Gasteiger partial charge in [-0.25, -0.2) is 0 Å². The summed E-state index contributed by atoms with van der Waals surface area (Å²) >= 11 is 0. The van der Waals surface area contributed by atoms with Crippen LogP contribution >= 0.6 is 0 Å². The van der Waals surface area contributed by atoms with Crippen LogP contribution in [0.1, 0.15) is 32.3 Å². The Balaban J connectivity index is 1.87. The molecule has 1 fully saturated rings. The van der Waals surface area contributed by atoms with Crippen LogP contribution in [-0.4, -0.2) is 30.0 Å². The average Bonchev–Trinajstić information content (AvgIpc) is 2.47. The topological polar surface area (TPSA) is 55.6 Å². The van der Waals surface area contributed by atoms with E-state index in [1.807, 2.05) is 29.2 Å². The van der Waals surface area contributed by atoms with Crippen molar-refractivity contribution in [2.75, 3.05) is 13.2 Å². The number of hydrogen-bond donors (Lipinski definition) is 1. The van der Waals surface area contributed by atoms with Crippen LogP contribution in [0, 0.1) is 5.92 Å². The molecule has 4 heteroatoms. The van der Waals surface area contributed by atoms with E-state index in [0.717, 1.165) is 18.5 Å². The first-order valence-corrected chi connectivity index (χ1v) is 7.31. The lowest BCUT2D eigenvalue weighted by atomic mass is 9.95. The van der Waals surface area contributed by atoms with Crippen molar-refractivity contribution in [3.8, 4) is 5.75 Å². The average molecular weight is 276 g/mol. The second-order valence-corrected chi connectivity index (χ2v) is 5.71. The smallest absolute Gasteiger partial charge is 0.260 e. The number of benzene rings is 1. The Hall–Kier alpha value is -1.55. The second-order valence-electron chi connectivity index (χ2n) is 5.71. The largest absolute Gasteiger partial charge is 0.484 e. The molecule has 1 heterocycles. The fourth-order valence-corrected chi connectivity index (χ4v) is 2.59. The minimum absolute atomic E-state index is 0.0759. The Morgan fingerprint density at radius 1 is 1.30 bits per heavy atom. The van der Waals surface area contributed by atoms with Gasteiger partial charge < -0.3 is 15.4 Å². The summed E-state index contributed by atoms with van der Waals surface area (Å²) in [5, 5.41) is 0. The zero-order valence-corrected chi connectivity index (χ0v) is 12.3. The van der Waals surface area contributed by atoms with Crippen LogP contribution in [-0.2, 0) is 11.3 Å². The van der Waals surface area contributed by atoms with Crippen LogP contribution in [0.2, 0.25) is 0 Å². The van der Waals surface area contributed by atoms with Gasteiger partial charge in [0.1, 0.15) is 5.75 Å². The van der Waals surface area contributed by atoms with E-state index in [-0.39, 0.29) is 12.5 Å². The molecule has 2 rings (SSSR count). The number of hydrogen-bond acceptors (Lipinski definition) is 3. The van der Waals surface area contributed by atoms with Gasteiger partial charge in [-0.15, -0.1) is 0 Å². The molecule has 4 nitrogen and oxygen atoms in total. The molecule has 2 atom stereocenters. The highest BCUT2D eigenvalue weighted by atomic mass is 16.5. The molecule has 0 saturated carbocycles. The van der Waals surface area contributed by atoms with Gasteiger partial charge in [-0.3, -0.25) is 4.79 Å². The summed E-state index contributed by atoms with van der Waals surface area (Å²) in [6, 6.07) is 7.88. The molecule has 2 unspecified atom stereocenters. The van der Waals surface area contributed by atoms with Gasteiger partial charge in [-0.05, 0) is 43.4 Å². The zero-order chi connectivity index (χ0) is 14.5. The maximum atomic E-state index is 12.2. The predicted molar refractivity (Wildman–Crippen MR) is 79.4 cm³/mol. The van der Waals surface area contributed by atoms with Crippen LogP contribution in [0.5, 0.6) is 5.75 Å². The highest BCUT2D eigenvalue weighted by Crippen LogP contribution is 2.21. The van der Waals surface area contributed by atoms with Crippen LogP contribution in [0.15, 0.2) is 24.3 Å². The number of rotatable bonds is 4. The van der Waals surface area contributed by atoms with Crippen LogP contribution < -0.4 is 10.5 Å². The molecule has 0 spiro atoms. The molecule has 20 heavy (non-hydrogen) atoms. The number of ether oxygens (including phenoxy) is 1. The van der Waals surface area contributed by atoms with Crippen molar-refractivity contribution in [3.63, 3.8) is 0 Å². The summed E-state index contributed by atoms with van der Waals surface area (Å²) in [5.41, 5.74) is 6.60. The summed E-state index contributed by atoms with van der Waals surface area (Å²) in [6.45, 7) is 5.77. The first-order chi connectivity index (χ1) is 9.60. The molecular weight excluding hydrogens is 252 g/mol. The first-order valence-electron chi connectivity index (χ1n) is 7.31. The Labute approximate surface area is 120 Å². The minimum atomic E-state index is 0.0759. The summed E-state index contributed by atoms with van der Waals surface area (Å²) in [7, 11) is 0. The Kier molecular flexibility index (Phi) is 5.01. The minimum Gasteiger partial charge on any atom is -0.484 e. The van der Waals surface area contributed by atoms with Crippen LogP contribution in [0.3, 0.4) is 0 Å². The van der Waals surface area contributed by atoms with Gasteiger partial charge in [0.15, 0.2) is 6.61 Å². The van der Waals surface area contributed by atoms with Crippen molar-refractivity contribution in [3.05, 3.63) is 29.8 Å². The van der Waals surface area contributed by atoms with E-state index >= 15 is 0 Å². The van der Waals surface area contributed by atoms with E-state index in [1.165, 1.54) is 6.42 Å². The summed E-state index contributed by atoms with van der Waals surface area (Å²) in [6.07, 6.45) is 2.28. The summed E-state index contributed by atoms with van der Waals surface area (Å²) in [5.74, 6) is 1.37. The molecule has 0 aromatic heterocycles. The maximum absolute atomic E-state index is 12.2. The molecular formula is C16H24N2O2. The van der Waals surface area contributed by atoms with E-state index in [9.17, 15) is 4.79 Å². The van der Waals surface area contributed by atoms with Gasteiger partial charge in [-0.2, -0.15) is 0 Å². The van der Waals surface area contributed by atoms with Gasteiger partial charge in [0.2, 0.25) is 0 Å². The molecule has 1 aliphatic heterocycles. The summed E-state index contributed by atoms with van der Waals surface area (Å²) < 4.78 is 5.57. The monoisotopic (exact) mass is 276 g/mol. The van der Waals surface area contributed by atoms with Gasteiger partial charge >= 0.3 is 0 Å². The molecule has 1 aromatic carbocycles. The summed E-state index contributed by atoms with van der Waals surface area (Å²) in [4.78, 5) is 14.2. The number of nitrogens with two attached hydrogens (primary N) is 1. The second kappa shape index (κ2) is 6.75. The number of carbonyl (C=O) groups is 1. The lowest BCUT2D eigenvalue weighted by Gasteiger charge is -2.36. The molecule has 0 aliphatic carbocycles. The maximum Gasteiger partial charge on any atom is 0.260 e. The van der Waals surface area contributed by atoms with Crippen molar-refractivity contribution in [1.82, 2.24) is 4.90 Å². The lowest BCUT2D eigenvalue weighted by Crippen LogP contribution is -2.46. The normalized spacial score (nSPS) is 22.6. The molecule has 0 radical (unpaired) electrons. The SMILES string of the molecule is CC1CCC(C)N(C(=O)COc2ccc(CN)cc2)C1. The quantitative estimate of drug-likeness (QED) is 0.917. The molecule has 1 amide bonds. The van der Waals surface area contributed by atoms with Crippen molar-refractivity contribution >= 4 is 5.91 Å². The Bertz CT molecular complexity index is 444. The van der Waals surface area contributed by atoms with E-state index in [1.54, 1.807) is 0 Å². The van der Waals surface area contributed by atoms with E-state index < -0.39 is 0 Å². The fraction of sp³-hybridized carbons (Fsp3) is 0.562. The number of likely N-dealkylation sites (tertiary alicyclic amines) is 1. The van der Waals surface area contributed by atoms with Gasteiger partial charge in [-0.1, -0.05) is 19.1 Å². The van der Waals surface area contributed by atoms with Gasteiger partial charge in [0.25, 0.3) is 5.91 Å². The van der Waals surface area contributed by atoms with Crippen molar-refractivity contribution in [2.45, 2.75) is 39.3 Å². The van der Waals surface area contributed by atoms with Crippen molar-refractivity contribution in [1.29, 1.82) is 0 Å². The van der Waals surface area contributed by atoms with Gasteiger partial charge in [0.05, 0.1) is 0 Å². The highest BCUT2D eigenvalue weighted by Gasteiger charge is 2.26. The molecule has 1 aromatic rings. The first kappa shape index (κ1) is 14.9. The Morgan fingerprint density at radius 3 is 2.65 bits per heavy atom. The molecule has 1 saturated heterocycles. The third kappa shape index (κ3) is 3.73. The van der Waals surface area contributed by atoms with Crippen LogP contribution in [0.25, 0.3) is 0 Å². The van der Waals surface area contributed by atoms with E-state index in [2.05, 4.69) is 13.8 Å². The van der Waals surface area contributed by atoms with Gasteiger partial charge in [0, 0.05) is 19.1 Å². The predicted octanol–water partition coefficient (Wildman–Crippen LogP) is 2.17.